The molecule has 0 aliphatic heterocycles. The highest BCUT2D eigenvalue weighted by molar-refractivity contribution is 9.09. The summed E-state index contributed by atoms with van der Waals surface area (Å²) in [6.07, 6.45) is 2.63. The quantitative estimate of drug-likeness (QED) is 0.504. The van der Waals surface area contributed by atoms with E-state index in [0.29, 0.717) is 6.07 Å². The summed E-state index contributed by atoms with van der Waals surface area (Å²) in [5, 5.41) is 0. The minimum absolute atomic E-state index is 0.166. The van der Waals surface area contributed by atoms with E-state index in [2.05, 4.69) is 28.1 Å². The maximum absolute atomic E-state index is 13.9. The summed E-state index contributed by atoms with van der Waals surface area (Å²) in [7, 11) is 0. The molecule has 0 spiro atoms. The molecule has 0 N–H and O–H groups in total. The van der Waals surface area contributed by atoms with E-state index in [-0.39, 0.29) is 16.3 Å². The standard InChI is InChI=1S/C17H14BrF3/c18-17(13-8-15(20)16(21)9-14(13)19)12-6-5-10-3-1-2-4-11(10)7-12/h1-4,8-9,12,17H,5-7H2. The topological polar surface area (TPSA) is 0 Å². The van der Waals surface area contributed by atoms with Crippen LogP contribution in [0.2, 0.25) is 0 Å². The highest BCUT2D eigenvalue weighted by Gasteiger charge is 2.28. The molecule has 0 saturated heterocycles. The molecule has 2 aromatic rings. The van der Waals surface area contributed by atoms with Crippen LogP contribution >= 0.6 is 15.9 Å². The maximum Gasteiger partial charge on any atom is 0.161 e. The predicted molar refractivity (Wildman–Crippen MR) is 79.9 cm³/mol. The summed E-state index contributed by atoms with van der Waals surface area (Å²) in [6, 6.07) is 9.76. The Morgan fingerprint density at radius 3 is 2.38 bits per heavy atom. The van der Waals surface area contributed by atoms with Crippen molar-refractivity contribution in [1.82, 2.24) is 0 Å². The average Bonchev–Trinajstić information content (AvgIpc) is 2.50. The normalized spacial score (nSPS) is 19.1. The molecule has 110 valence electrons. The van der Waals surface area contributed by atoms with Gasteiger partial charge in [-0.3, -0.25) is 0 Å². The summed E-state index contributed by atoms with van der Waals surface area (Å²) in [6.45, 7) is 0. The zero-order valence-electron chi connectivity index (χ0n) is 11.3. The second kappa shape index (κ2) is 5.84. The van der Waals surface area contributed by atoms with E-state index in [9.17, 15) is 13.2 Å². The Kier molecular flexibility index (Phi) is 4.07. The molecule has 3 rings (SSSR count). The van der Waals surface area contributed by atoms with E-state index in [4.69, 9.17) is 0 Å². The molecule has 0 fully saturated rings. The number of fused-ring (bicyclic) bond motifs is 1. The second-order valence-corrected chi connectivity index (χ2v) is 6.45. The van der Waals surface area contributed by atoms with Crippen molar-refractivity contribution < 1.29 is 13.2 Å². The lowest BCUT2D eigenvalue weighted by atomic mass is 9.80. The van der Waals surface area contributed by atoms with Gasteiger partial charge in [-0.1, -0.05) is 40.2 Å². The molecule has 21 heavy (non-hydrogen) atoms. The van der Waals surface area contributed by atoms with E-state index in [0.717, 1.165) is 25.3 Å². The summed E-state index contributed by atoms with van der Waals surface area (Å²) < 4.78 is 40.3. The Morgan fingerprint density at radius 2 is 1.62 bits per heavy atom. The van der Waals surface area contributed by atoms with Gasteiger partial charge in [0, 0.05) is 16.5 Å². The van der Waals surface area contributed by atoms with Gasteiger partial charge in [-0.25, -0.2) is 13.2 Å². The first-order chi connectivity index (χ1) is 10.1. The SMILES string of the molecule is Fc1cc(F)c(C(Br)C2CCc3ccccc3C2)cc1F. The monoisotopic (exact) mass is 354 g/mol. The first kappa shape index (κ1) is 14.6. The molecule has 0 bridgehead atoms. The van der Waals surface area contributed by atoms with Gasteiger partial charge in [0.25, 0.3) is 0 Å². The van der Waals surface area contributed by atoms with Gasteiger partial charge in [0.1, 0.15) is 5.82 Å². The fourth-order valence-corrected chi connectivity index (χ4v) is 3.78. The van der Waals surface area contributed by atoms with Gasteiger partial charge in [-0.15, -0.1) is 0 Å². The third-order valence-electron chi connectivity index (χ3n) is 4.14. The van der Waals surface area contributed by atoms with Crippen LogP contribution in [0.5, 0.6) is 0 Å². The van der Waals surface area contributed by atoms with Crippen LogP contribution in [0.25, 0.3) is 0 Å². The molecule has 2 aromatic carbocycles. The molecule has 0 nitrogen and oxygen atoms in total. The third-order valence-corrected chi connectivity index (χ3v) is 5.38. The van der Waals surface area contributed by atoms with Gasteiger partial charge in [0.05, 0.1) is 0 Å². The van der Waals surface area contributed by atoms with E-state index < -0.39 is 17.5 Å². The van der Waals surface area contributed by atoms with E-state index in [1.165, 1.54) is 11.1 Å². The zero-order valence-corrected chi connectivity index (χ0v) is 12.8. The molecule has 0 aromatic heterocycles. The van der Waals surface area contributed by atoms with Crippen molar-refractivity contribution in [2.45, 2.75) is 24.1 Å². The average molecular weight is 355 g/mol. The van der Waals surface area contributed by atoms with Crippen LogP contribution in [0.15, 0.2) is 36.4 Å². The van der Waals surface area contributed by atoms with Crippen LogP contribution < -0.4 is 0 Å². The van der Waals surface area contributed by atoms with Crippen LogP contribution in [-0.2, 0) is 12.8 Å². The van der Waals surface area contributed by atoms with Crippen molar-refractivity contribution in [3.63, 3.8) is 0 Å². The molecular weight excluding hydrogens is 341 g/mol. The molecule has 0 radical (unpaired) electrons. The zero-order chi connectivity index (χ0) is 15.0. The van der Waals surface area contributed by atoms with Crippen LogP contribution in [-0.4, -0.2) is 0 Å². The first-order valence-corrected chi connectivity index (χ1v) is 7.83. The Labute approximate surface area is 130 Å². The minimum Gasteiger partial charge on any atom is -0.207 e. The largest absolute Gasteiger partial charge is 0.207 e. The van der Waals surface area contributed by atoms with Crippen LogP contribution in [0.3, 0.4) is 0 Å². The fraction of sp³-hybridized carbons (Fsp3) is 0.294. The molecule has 2 atom stereocenters. The first-order valence-electron chi connectivity index (χ1n) is 6.91. The Hall–Kier alpha value is -1.29. The molecular formula is C17H14BrF3. The number of aryl methyl sites for hydroxylation is 1. The molecule has 0 heterocycles. The molecule has 1 aliphatic rings. The van der Waals surface area contributed by atoms with Crippen molar-refractivity contribution in [3.8, 4) is 0 Å². The molecule has 2 unspecified atom stereocenters. The lowest BCUT2D eigenvalue weighted by molar-refractivity contribution is 0.435. The summed E-state index contributed by atoms with van der Waals surface area (Å²) in [5.41, 5.74) is 2.76. The number of alkyl halides is 1. The van der Waals surface area contributed by atoms with Gasteiger partial charge < -0.3 is 0 Å². The number of halogens is 4. The van der Waals surface area contributed by atoms with Crippen LogP contribution in [0, 0.1) is 23.4 Å². The van der Waals surface area contributed by atoms with Crippen molar-refractivity contribution in [3.05, 3.63) is 70.5 Å². The number of rotatable bonds is 2. The second-order valence-electron chi connectivity index (χ2n) is 5.46. The van der Waals surface area contributed by atoms with Gasteiger partial charge in [0.2, 0.25) is 0 Å². The fourth-order valence-electron chi connectivity index (χ4n) is 2.98. The van der Waals surface area contributed by atoms with Crippen LogP contribution in [0.4, 0.5) is 13.2 Å². The maximum atomic E-state index is 13.9. The van der Waals surface area contributed by atoms with E-state index >= 15 is 0 Å². The van der Waals surface area contributed by atoms with Gasteiger partial charge in [-0.2, -0.15) is 0 Å². The number of benzene rings is 2. The molecule has 0 amide bonds. The van der Waals surface area contributed by atoms with Crippen molar-refractivity contribution in [2.75, 3.05) is 0 Å². The van der Waals surface area contributed by atoms with E-state index in [1.807, 2.05) is 12.1 Å². The third kappa shape index (κ3) is 2.86. The van der Waals surface area contributed by atoms with Gasteiger partial charge in [-0.05, 0) is 42.4 Å². The molecule has 0 saturated carbocycles. The van der Waals surface area contributed by atoms with E-state index in [1.54, 1.807) is 0 Å². The van der Waals surface area contributed by atoms with Crippen LogP contribution in [0.1, 0.15) is 27.9 Å². The van der Waals surface area contributed by atoms with Gasteiger partial charge in [0.15, 0.2) is 11.6 Å². The summed E-state index contributed by atoms with van der Waals surface area (Å²) in [5.74, 6) is -2.69. The summed E-state index contributed by atoms with van der Waals surface area (Å²) >= 11 is 3.48. The number of hydrogen-bond donors (Lipinski definition) is 0. The highest BCUT2D eigenvalue weighted by Crippen LogP contribution is 2.40. The minimum atomic E-state index is -1.15. The van der Waals surface area contributed by atoms with Crippen molar-refractivity contribution in [1.29, 1.82) is 0 Å². The lowest BCUT2D eigenvalue weighted by Crippen LogP contribution is -2.19. The Balaban J connectivity index is 1.87. The smallest absolute Gasteiger partial charge is 0.161 e. The molecule has 1 aliphatic carbocycles. The summed E-state index contributed by atoms with van der Waals surface area (Å²) in [4.78, 5) is -0.319. The lowest BCUT2D eigenvalue weighted by Gasteiger charge is -2.29. The molecule has 4 heteroatoms. The predicted octanol–water partition coefficient (Wildman–Crippen LogP) is 5.35. The number of hydrogen-bond acceptors (Lipinski definition) is 0. The van der Waals surface area contributed by atoms with Gasteiger partial charge >= 0.3 is 0 Å². The van der Waals surface area contributed by atoms with Crippen molar-refractivity contribution >= 4 is 15.9 Å². The highest BCUT2D eigenvalue weighted by atomic mass is 79.9. The van der Waals surface area contributed by atoms with Crippen molar-refractivity contribution in [2.24, 2.45) is 5.92 Å². The Bertz CT molecular complexity index is 669. The Morgan fingerprint density at radius 1 is 0.952 bits per heavy atom.